The van der Waals surface area contributed by atoms with E-state index in [0.717, 1.165) is 22.0 Å². The highest BCUT2D eigenvalue weighted by atomic mass is 16.5. The molecule has 0 aliphatic rings. The summed E-state index contributed by atoms with van der Waals surface area (Å²) in [6.45, 7) is 0. The van der Waals surface area contributed by atoms with E-state index in [0.29, 0.717) is 11.4 Å². The number of nitrogens with one attached hydrogen (secondary N) is 2. The van der Waals surface area contributed by atoms with Gasteiger partial charge in [-0.25, -0.2) is 4.98 Å². The van der Waals surface area contributed by atoms with Gasteiger partial charge in [0.15, 0.2) is 5.82 Å². The van der Waals surface area contributed by atoms with E-state index in [1.54, 1.807) is 42.7 Å². The van der Waals surface area contributed by atoms with Crippen LogP contribution in [-0.2, 0) is 10.4 Å². The second-order valence-corrected chi connectivity index (χ2v) is 7.54. The number of aromatic nitrogens is 5. The number of methoxy groups -OCH3 is 1. The van der Waals surface area contributed by atoms with Crippen molar-refractivity contribution < 1.29 is 14.6 Å². The molecule has 1 amide bonds. The smallest absolute Gasteiger partial charge is 0.269 e. The quantitative estimate of drug-likeness (QED) is 0.361. The standard InChI is InChI=1S/C25H20N6O3/c1-34-22-9-5-3-7-20(22)25(33,23-27-10-11-28-23)24(32)30-17-12-16(13-26-14-17)19-15-29-31-21-8-4-2-6-18(19)21/h2-15,33H,1H3,(H,27,28)(H,30,32)/t25-/m1/s1. The second-order valence-electron chi connectivity index (χ2n) is 7.54. The van der Waals surface area contributed by atoms with E-state index < -0.39 is 11.5 Å². The predicted molar refractivity (Wildman–Crippen MR) is 126 cm³/mol. The van der Waals surface area contributed by atoms with Crippen LogP contribution in [0.25, 0.3) is 22.0 Å². The molecule has 0 unspecified atom stereocenters. The lowest BCUT2D eigenvalue weighted by molar-refractivity contribution is -0.131. The number of imidazole rings is 1. The van der Waals surface area contributed by atoms with Crippen LogP contribution in [0.3, 0.4) is 0 Å². The Balaban J connectivity index is 1.54. The van der Waals surface area contributed by atoms with Crippen molar-refractivity contribution in [3.63, 3.8) is 0 Å². The molecule has 9 heteroatoms. The van der Waals surface area contributed by atoms with E-state index in [-0.39, 0.29) is 11.4 Å². The number of carbonyl (C=O) groups excluding carboxylic acids is 1. The van der Waals surface area contributed by atoms with Crippen molar-refractivity contribution in [2.45, 2.75) is 5.60 Å². The number of para-hydroxylation sites is 1. The van der Waals surface area contributed by atoms with Gasteiger partial charge in [0.25, 0.3) is 5.91 Å². The van der Waals surface area contributed by atoms with Crippen molar-refractivity contribution in [3.05, 3.63) is 97.0 Å². The minimum absolute atomic E-state index is 0.0583. The minimum atomic E-state index is -2.14. The number of hydrogen-bond acceptors (Lipinski definition) is 7. The molecule has 0 fully saturated rings. The molecular weight excluding hydrogens is 432 g/mol. The number of carbonyl (C=O) groups is 1. The van der Waals surface area contributed by atoms with E-state index in [2.05, 4.69) is 30.5 Å². The lowest BCUT2D eigenvalue weighted by Crippen LogP contribution is -2.42. The van der Waals surface area contributed by atoms with Crippen molar-refractivity contribution in [1.29, 1.82) is 0 Å². The topological polar surface area (TPSA) is 126 Å². The van der Waals surface area contributed by atoms with Crippen LogP contribution in [0.2, 0.25) is 0 Å². The normalized spacial score (nSPS) is 12.8. The van der Waals surface area contributed by atoms with E-state index in [1.807, 2.05) is 24.3 Å². The predicted octanol–water partition coefficient (Wildman–Crippen LogP) is 3.30. The van der Waals surface area contributed by atoms with Crippen molar-refractivity contribution >= 4 is 22.5 Å². The number of anilines is 1. The van der Waals surface area contributed by atoms with Crippen LogP contribution >= 0.6 is 0 Å². The highest BCUT2D eigenvalue weighted by molar-refractivity contribution is 6.01. The second kappa shape index (κ2) is 8.72. The first-order valence-electron chi connectivity index (χ1n) is 10.4. The molecule has 0 aliphatic heterocycles. The number of rotatable bonds is 6. The van der Waals surface area contributed by atoms with E-state index >= 15 is 0 Å². The zero-order valence-corrected chi connectivity index (χ0v) is 18.1. The SMILES string of the molecule is COc1ccccc1[C@](O)(C(=O)Nc1cncc(-c2cnnc3ccccc23)c1)c1ncc[nH]1. The number of fused-ring (bicyclic) bond motifs is 1. The summed E-state index contributed by atoms with van der Waals surface area (Å²) in [5.74, 6) is -0.315. The van der Waals surface area contributed by atoms with Crippen molar-refractivity contribution in [2.75, 3.05) is 12.4 Å². The van der Waals surface area contributed by atoms with Crippen LogP contribution in [0.1, 0.15) is 11.4 Å². The Hall–Kier alpha value is -4.63. The molecule has 0 bridgehead atoms. The monoisotopic (exact) mass is 452 g/mol. The van der Waals surface area contributed by atoms with Gasteiger partial charge in [0.1, 0.15) is 5.75 Å². The molecule has 1 atom stereocenters. The van der Waals surface area contributed by atoms with Gasteiger partial charge < -0.3 is 20.1 Å². The summed E-state index contributed by atoms with van der Waals surface area (Å²) in [7, 11) is 1.47. The third kappa shape index (κ3) is 3.63. The summed E-state index contributed by atoms with van der Waals surface area (Å²) in [6.07, 6.45) is 7.83. The molecule has 9 nitrogen and oxygen atoms in total. The summed E-state index contributed by atoms with van der Waals surface area (Å²) in [5, 5.41) is 23.6. The first-order chi connectivity index (χ1) is 16.6. The number of H-pyrrole nitrogens is 1. The highest BCUT2D eigenvalue weighted by Crippen LogP contribution is 2.35. The summed E-state index contributed by atoms with van der Waals surface area (Å²) in [5.41, 5.74) is 0.805. The Morgan fingerprint density at radius 1 is 1.09 bits per heavy atom. The summed E-state index contributed by atoms with van der Waals surface area (Å²) in [4.78, 5) is 24.8. The largest absolute Gasteiger partial charge is 0.496 e. The molecule has 0 aliphatic carbocycles. The Morgan fingerprint density at radius 3 is 2.74 bits per heavy atom. The zero-order valence-electron chi connectivity index (χ0n) is 18.1. The number of pyridine rings is 1. The van der Waals surface area contributed by atoms with Gasteiger partial charge >= 0.3 is 0 Å². The van der Waals surface area contributed by atoms with Crippen LogP contribution in [0.5, 0.6) is 5.75 Å². The van der Waals surface area contributed by atoms with Crippen molar-refractivity contribution in [3.8, 4) is 16.9 Å². The van der Waals surface area contributed by atoms with Gasteiger partial charge in [0.05, 0.1) is 30.7 Å². The number of nitrogens with zero attached hydrogens (tertiary/aromatic N) is 4. The molecule has 5 rings (SSSR count). The number of benzene rings is 2. The number of aromatic amines is 1. The van der Waals surface area contributed by atoms with Crippen LogP contribution in [-0.4, -0.2) is 43.3 Å². The number of ether oxygens (including phenoxy) is 1. The third-order valence-electron chi connectivity index (χ3n) is 5.52. The fourth-order valence-electron chi connectivity index (χ4n) is 3.88. The molecule has 3 N–H and O–H groups in total. The van der Waals surface area contributed by atoms with Gasteiger partial charge in [-0.1, -0.05) is 36.4 Å². The number of aliphatic hydroxyl groups is 1. The molecule has 5 aromatic rings. The number of hydrogen-bond donors (Lipinski definition) is 3. The Bertz CT molecular complexity index is 1470. The maximum absolute atomic E-state index is 13.5. The van der Waals surface area contributed by atoms with Crippen LogP contribution in [0.4, 0.5) is 5.69 Å². The van der Waals surface area contributed by atoms with Crippen LogP contribution in [0, 0.1) is 0 Å². The van der Waals surface area contributed by atoms with Crippen molar-refractivity contribution in [2.24, 2.45) is 0 Å². The molecule has 3 heterocycles. The first-order valence-corrected chi connectivity index (χ1v) is 10.4. The fraction of sp³-hybridized carbons (Fsp3) is 0.0800. The highest BCUT2D eigenvalue weighted by Gasteiger charge is 2.44. The summed E-state index contributed by atoms with van der Waals surface area (Å²) < 4.78 is 5.40. The van der Waals surface area contributed by atoms with E-state index in [4.69, 9.17) is 4.74 Å². The van der Waals surface area contributed by atoms with E-state index in [1.165, 1.54) is 25.7 Å². The Morgan fingerprint density at radius 2 is 1.91 bits per heavy atom. The molecule has 0 radical (unpaired) electrons. The minimum Gasteiger partial charge on any atom is -0.496 e. The maximum atomic E-state index is 13.5. The molecule has 0 saturated carbocycles. The lowest BCUT2D eigenvalue weighted by atomic mass is 9.90. The molecule has 0 saturated heterocycles. The average Bonchev–Trinajstić information content (AvgIpc) is 3.43. The first kappa shape index (κ1) is 21.2. The maximum Gasteiger partial charge on any atom is 0.269 e. The van der Waals surface area contributed by atoms with E-state index in [9.17, 15) is 9.90 Å². The molecule has 34 heavy (non-hydrogen) atoms. The van der Waals surface area contributed by atoms with Gasteiger partial charge in [-0.15, -0.1) is 0 Å². The summed E-state index contributed by atoms with van der Waals surface area (Å²) >= 11 is 0. The fourth-order valence-corrected chi connectivity index (χ4v) is 3.88. The van der Waals surface area contributed by atoms with Gasteiger partial charge in [-0.3, -0.25) is 9.78 Å². The van der Waals surface area contributed by atoms with Crippen LogP contribution in [0.15, 0.2) is 85.6 Å². The summed E-state index contributed by atoms with van der Waals surface area (Å²) in [6, 6.07) is 16.1. The molecular formula is C25H20N6O3. The van der Waals surface area contributed by atoms with Gasteiger partial charge in [-0.2, -0.15) is 10.2 Å². The van der Waals surface area contributed by atoms with Crippen molar-refractivity contribution in [1.82, 2.24) is 25.1 Å². The van der Waals surface area contributed by atoms with Gasteiger partial charge in [0.2, 0.25) is 5.60 Å². The van der Waals surface area contributed by atoms with Crippen LogP contribution < -0.4 is 10.1 Å². The average molecular weight is 452 g/mol. The Kier molecular flexibility index (Phi) is 5.44. The molecule has 2 aromatic carbocycles. The lowest BCUT2D eigenvalue weighted by Gasteiger charge is -2.27. The number of amides is 1. The molecule has 168 valence electrons. The third-order valence-corrected chi connectivity index (χ3v) is 5.52. The van der Waals surface area contributed by atoms with Gasteiger partial charge in [-0.05, 0) is 18.2 Å². The molecule has 0 spiro atoms. The Labute approximate surface area is 194 Å². The molecule has 3 aromatic heterocycles. The zero-order chi connectivity index (χ0) is 23.5. The van der Waals surface area contributed by atoms with Gasteiger partial charge in [0, 0.05) is 40.7 Å².